The highest BCUT2D eigenvalue weighted by Gasteiger charge is 2.65. The van der Waals surface area contributed by atoms with Gasteiger partial charge in [-0.3, -0.25) is 48.2 Å². The standard InChI is InChI=1S/C77H58N4O14S4/c1-3-80-65(82)63(98-73(80)96)78-61-37-53-35-59-55(39-57(53)76(61,69(86)92-43-49-27-15-7-16-28-49)70(87)93-44-50-29-17-8-18-30-50)56-40-58-54(36-60(56)75(59,67(84)90-41-47-23-11-5-12-24-47)68(85)91-42-48-25-13-6-14-26-48)38-62(79-64-66(83)81(4-2)74(97)99-64)77(58,71(88)94-45-51-31-19-9-20-32-51)72(89)95-46-52-33-21-10-22-34-52/h5-40H,3-4,41-46H2,1-2H3. The van der Waals surface area contributed by atoms with Crippen molar-refractivity contribution < 1.29 is 66.8 Å². The summed E-state index contributed by atoms with van der Waals surface area (Å²) in [5, 5.41) is -0.394. The second kappa shape index (κ2) is 28.4. The molecular formula is C77H58N4O14S4. The van der Waals surface area contributed by atoms with Crippen LogP contribution in [-0.2, 0) is 123 Å². The summed E-state index contributed by atoms with van der Waals surface area (Å²) in [6.07, 6.45) is 2.77. The number of esters is 6. The van der Waals surface area contributed by atoms with Crippen molar-refractivity contribution in [3.63, 3.8) is 0 Å². The van der Waals surface area contributed by atoms with Crippen LogP contribution in [0.5, 0.6) is 0 Å². The Bertz CT molecular complexity index is 4350. The molecule has 0 unspecified atom stereocenters. The number of carbonyl (C=O) groups is 8. The molecule has 0 bridgehead atoms. The first-order chi connectivity index (χ1) is 48.1. The Balaban J connectivity index is 1.10. The van der Waals surface area contributed by atoms with Crippen LogP contribution >= 0.6 is 48.0 Å². The number of hydrogen-bond acceptors (Lipinski definition) is 20. The van der Waals surface area contributed by atoms with Gasteiger partial charge in [-0.15, -0.1) is 0 Å². The Morgan fingerprint density at radius 1 is 0.364 bits per heavy atom. The van der Waals surface area contributed by atoms with Gasteiger partial charge in [-0.25, -0.2) is 9.98 Å². The smallest absolute Gasteiger partial charge is 0.334 e. The zero-order valence-electron chi connectivity index (χ0n) is 53.1. The Labute approximate surface area is 587 Å². The zero-order chi connectivity index (χ0) is 69.0. The van der Waals surface area contributed by atoms with Gasteiger partial charge in [0.15, 0.2) is 10.1 Å². The molecule has 2 amide bonds. The van der Waals surface area contributed by atoms with Gasteiger partial charge < -0.3 is 28.4 Å². The second-order valence-electron chi connectivity index (χ2n) is 23.3. The van der Waals surface area contributed by atoms with Crippen molar-refractivity contribution in [1.29, 1.82) is 0 Å². The third-order valence-electron chi connectivity index (χ3n) is 17.5. The van der Waals surface area contributed by atoms with Crippen LogP contribution in [0.2, 0.25) is 0 Å². The number of carbonyl (C=O) groups excluding carboxylic acids is 8. The van der Waals surface area contributed by atoms with E-state index in [4.69, 9.17) is 62.8 Å². The first kappa shape index (κ1) is 66.8. The van der Waals surface area contributed by atoms with Crippen LogP contribution in [0.25, 0.3) is 23.3 Å². The van der Waals surface area contributed by atoms with Crippen molar-refractivity contribution in [2.45, 2.75) is 69.7 Å². The fourth-order valence-corrected chi connectivity index (χ4v) is 15.1. The van der Waals surface area contributed by atoms with E-state index in [9.17, 15) is 9.59 Å². The minimum absolute atomic E-state index is 0.0299. The van der Waals surface area contributed by atoms with Crippen molar-refractivity contribution >= 4 is 126 Å². The number of thiocarbonyl (C=S) groups is 2. The van der Waals surface area contributed by atoms with Gasteiger partial charge in [-0.2, -0.15) is 0 Å². The highest BCUT2D eigenvalue weighted by Crippen LogP contribution is 2.59. The lowest BCUT2D eigenvalue weighted by Crippen LogP contribution is -2.47. The first-order valence-corrected chi connectivity index (χ1v) is 33.9. The van der Waals surface area contributed by atoms with Gasteiger partial charge in [0.05, 0.1) is 11.4 Å². The number of nitrogens with zero attached hydrogens (tertiary/aromatic N) is 4. The predicted molar refractivity (Wildman–Crippen MR) is 379 cm³/mol. The Morgan fingerprint density at radius 2 is 0.606 bits per heavy atom. The molecule has 494 valence electrons. The molecule has 0 N–H and O–H groups in total. The van der Waals surface area contributed by atoms with Crippen molar-refractivity contribution in [3.05, 3.63) is 284 Å². The van der Waals surface area contributed by atoms with Crippen LogP contribution in [0, 0.1) is 0 Å². The van der Waals surface area contributed by atoms with Gasteiger partial charge in [0.2, 0.25) is 16.2 Å². The van der Waals surface area contributed by atoms with Crippen LogP contribution in [0.4, 0.5) is 0 Å². The van der Waals surface area contributed by atoms with E-state index in [2.05, 4.69) is 0 Å². The lowest BCUT2D eigenvalue weighted by molar-refractivity contribution is -0.166. The van der Waals surface area contributed by atoms with Crippen LogP contribution in [0.3, 0.4) is 0 Å². The molecule has 2 heterocycles. The Hall–Kier alpha value is -10.8. The summed E-state index contributed by atoms with van der Waals surface area (Å²) in [6.45, 7) is 1.57. The summed E-state index contributed by atoms with van der Waals surface area (Å²) < 4.78 is 38.0. The van der Waals surface area contributed by atoms with E-state index in [0.29, 0.717) is 33.4 Å². The number of rotatable bonds is 22. The van der Waals surface area contributed by atoms with E-state index >= 15 is 28.8 Å². The number of benzene rings is 8. The van der Waals surface area contributed by atoms with E-state index in [1.165, 1.54) is 46.2 Å². The van der Waals surface area contributed by atoms with Crippen LogP contribution in [-0.4, -0.2) is 89.2 Å². The molecule has 22 heteroatoms. The SMILES string of the molecule is CCN1C(=O)C(=NC2=Cc3cc4c(cc3C2(C(=O)OCc2ccccc2)C(=O)OCc2ccccc2)-c2cc3c(cc2C4(C(=O)OCc2ccccc2)C(=O)OCc2ccccc2)C=C(N=C2SC(=S)N(CC)C2=O)C3(C(=O)OCc2ccccc2)C(=O)OCc2ccccc2)SC1=S. The number of fused-ring (bicyclic) bond motifs is 5. The first-order valence-electron chi connectivity index (χ1n) is 31.4. The van der Waals surface area contributed by atoms with Crippen LogP contribution in [0.1, 0.15) is 80.6 Å². The average molecular weight is 1390 g/mol. The highest BCUT2D eigenvalue weighted by atomic mass is 32.2. The molecule has 0 saturated carbocycles. The van der Waals surface area contributed by atoms with Crippen LogP contribution in [0.15, 0.2) is 228 Å². The van der Waals surface area contributed by atoms with Crippen LogP contribution < -0.4 is 0 Å². The highest BCUT2D eigenvalue weighted by molar-refractivity contribution is 8.35. The van der Waals surface area contributed by atoms with E-state index in [1.807, 2.05) is 0 Å². The monoisotopic (exact) mass is 1390 g/mol. The summed E-state index contributed by atoms with van der Waals surface area (Å²) >= 11 is 13.0. The van der Waals surface area contributed by atoms with Gasteiger partial charge >= 0.3 is 35.8 Å². The fraction of sp³-hybridized carbons (Fsp3) is 0.169. The van der Waals surface area contributed by atoms with Crippen molar-refractivity contribution in [1.82, 2.24) is 9.80 Å². The maximum Gasteiger partial charge on any atom is 0.334 e. The molecular weight excluding hydrogens is 1330 g/mol. The van der Waals surface area contributed by atoms with Crippen molar-refractivity contribution in [2.75, 3.05) is 13.1 Å². The zero-order valence-corrected chi connectivity index (χ0v) is 56.3. The lowest BCUT2D eigenvalue weighted by Gasteiger charge is -2.30. The Kier molecular flexibility index (Phi) is 19.1. The fourth-order valence-electron chi connectivity index (χ4n) is 12.6. The minimum atomic E-state index is -2.73. The largest absolute Gasteiger partial charge is 0.459 e. The van der Waals surface area contributed by atoms with E-state index in [1.54, 1.807) is 196 Å². The van der Waals surface area contributed by atoms with Gasteiger partial charge in [0.25, 0.3) is 11.8 Å². The number of thioether (sulfide) groups is 2. The second-order valence-corrected chi connectivity index (χ2v) is 26.6. The van der Waals surface area contributed by atoms with Gasteiger partial charge in [-0.05, 0) is 152 Å². The van der Waals surface area contributed by atoms with Crippen molar-refractivity contribution in [3.8, 4) is 11.1 Å². The summed E-state index contributed by atoms with van der Waals surface area (Å²) in [7, 11) is 0. The summed E-state index contributed by atoms with van der Waals surface area (Å²) in [4.78, 5) is 138. The molecule has 99 heavy (non-hydrogen) atoms. The maximum atomic E-state index is 16.3. The topological polar surface area (TPSA) is 223 Å². The maximum absolute atomic E-state index is 16.3. The third kappa shape index (κ3) is 12.3. The molecule has 0 atom stereocenters. The molecule has 18 nitrogen and oxygen atoms in total. The van der Waals surface area contributed by atoms with Gasteiger partial charge in [0, 0.05) is 13.1 Å². The molecule has 0 aromatic heterocycles. The average Bonchev–Trinajstić information content (AvgIpc) is 1.51. The normalized spacial score (nSPS) is 16.5. The van der Waals surface area contributed by atoms with E-state index < -0.39 is 63.9 Å². The third-order valence-corrected chi connectivity index (χ3v) is 20.1. The van der Waals surface area contributed by atoms with Crippen molar-refractivity contribution in [2.24, 2.45) is 9.98 Å². The van der Waals surface area contributed by atoms with Gasteiger partial charge in [0.1, 0.15) is 48.3 Å². The molecule has 2 saturated heterocycles. The summed E-state index contributed by atoms with van der Waals surface area (Å²) in [6, 6.07) is 58.1. The summed E-state index contributed by atoms with van der Waals surface area (Å²) in [5.41, 5.74) is -6.10. The molecule has 8 aromatic rings. The molecule has 3 aliphatic carbocycles. The number of aliphatic imine (C=N–C) groups is 2. The molecule has 5 aliphatic rings. The number of hydrogen-bond donors (Lipinski definition) is 0. The number of amides is 2. The van der Waals surface area contributed by atoms with E-state index in [0.717, 1.165) is 23.5 Å². The molecule has 0 spiro atoms. The minimum Gasteiger partial charge on any atom is -0.459 e. The molecule has 0 radical (unpaired) electrons. The van der Waals surface area contributed by atoms with Gasteiger partial charge in [-0.1, -0.05) is 206 Å². The molecule has 8 aromatic carbocycles. The predicted octanol–water partition coefficient (Wildman–Crippen LogP) is 12.2. The summed E-state index contributed by atoms with van der Waals surface area (Å²) in [5.74, 6) is -8.31. The molecule has 2 fully saturated rings. The Morgan fingerprint density at radius 3 is 0.838 bits per heavy atom. The quantitative estimate of drug-likeness (QED) is 0.0266. The number of ether oxygens (including phenoxy) is 6. The van der Waals surface area contributed by atoms with E-state index in [-0.39, 0.29) is 127 Å². The lowest BCUT2D eigenvalue weighted by atomic mass is 9.74. The molecule has 2 aliphatic heterocycles. The molecule has 13 rings (SSSR count).